The van der Waals surface area contributed by atoms with Crippen molar-refractivity contribution in [2.45, 2.75) is 51.9 Å². The molecular formula is C24H26N4O. The first kappa shape index (κ1) is 18.1. The minimum atomic E-state index is -0.109. The summed E-state index contributed by atoms with van der Waals surface area (Å²) < 4.78 is 1.82. The second-order valence-electron chi connectivity index (χ2n) is 8.13. The Morgan fingerprint density at radius 1 is 1.07 bits per heavy atom. The van der Waals surface area contributed by atoms with Crippen molar-refractivity contribution in [2.24, 2.45) is 5.92 Å². The van der Waals surface area contributed by atoms with E-state index in [0.717, 1.165) is 40.7 Å². The highest BCUT2D eigenvalue weighted by atomic mass is 16.1. The summed E-state index contributed by atoms with van der Waals surface area (Å²) in [5, 5.41) is 7.11. The van der Waals surface area contributed by atoms with Crippen LogP contribution >= 0.6 is 0 Å². The molecule has 0 amide bonds. The summed E-state index contributed by atoms with van der Waals surface area (Å²) in [5.74, 6) is 2.17. The molecule has 5 nitrogen and oxygen atoms in total. The molecule has 0 bridgehead atoms. The number of aromatic amines is 1. The highest BCUT2D eigenvalue weighted by Crippen LogP contribution is 2.28. The van der Waals surface area contributed by atoms with Crippen LogP contribution in [0.1, 0.15) is 50.5 Å². The zero-order valence-electron chi connectivity index (χ0n) is 16.8. The van der Waals surface area contributed by atoms with Crippen LogP contribution in [0, 0.1) is 5.92 Å². The van der Waals surface area contributed by atoms with Crippen LogP contribution in [-0.4, -0.2) is 19.6 Å². The van der Waals surface area contributed by atoms with E-state index in [9.17, 15) is 4.79 Å². The van der Waals surface area contributed by atoms with E-state index in [2.05, 4.69) is 23.2 Å². The van der Waals surface area contributed by atoms with E-state index in [0.29, 0.717) is 17.3 Å². The molecule has 0 saturated heterocycles. The number of imidazole rings is 1. The Hall–Kier alpha value is -2.95. The molecule has 148 valence electrons. The van der Waals surface area contributed by atoms with Crippen LogP contribution in [0.3, 0.4) is 0 Å². The Bertz CT molecular complexity index is 1230. The first-order chi connectivity index (χ1) is 14.2. The van der Waals surface area contributed by atoms with Crippen LogP contribution in [0.2, 0.25) is 0 Å². The number of nitrogens with one attached hydrogen (secondary N) is 1. The fourth-order valence-corrected chi connectivity index (χ4v) is 4.72. The van der Waals surface area contributed by atoms with Gasteiger partial charge in [-0.3, -0.25) is 4.79 Å². The van der Waals surface area contributed by atoms with Crippen LogP contribution in [0.4, 0.5) is 0 Å². The summed E-state index contributed by atoms with van der Waals surface area (Å²) in [5.41, 5.74) is 2.27. The van der Waals surface area contributed by atoms with Gasteiger partial charge in [0.2, 0.25) is 0 Å². The third-order valence-corrected chi connectivity index (χ3v) is 6.22. The molecule has 0 atom stereocenters. The molecule has 2 heterocycles. The van der Waals surface area contributed by atoms with Gasteiger partial charge in [0.1, 0.15) is 5.82 Å². The lowest BCUT2D eigenvalue weighted by molar-refractivity contribution is 0.350. The lowest BCUT2D eigenvalue weighted by atomic mass is 9.87. The summed E-state index contributed by atoms with van der Waals surface area (Å²) in [7, 11) is 0. The van der Waals surface area contributed by atoms with Crippen LogP contribution in [0.25, 0.3) is 27.7 Å². The predicted octanol–water partition coefficient (Wildman–Crippen LogP) is 4.92. The van der Waals surface area contributed by atoms with Gasteiger partial charge >= 0.3 is 0 Å². The van der Waals surface area contributed by atoms with Gasteiger partial charge in [-0.15, -0.1) is 5.10 Å². The average Bonchev–Trinajstić information content (AvgIpc) is 3.12. The number of benzene rings is 2. The molecule has 1 aliphatic carbocycles. The van der Waals surface area contributed by atoms with E-state index in [4.69, 9.17) is 10.1 Å². The second-order valence-corrected chi connectivity index (χ2v) is 8.13. The molecule has 2 aromatic carbocycles. The number of H-pyrrole nitrogens is 1. The number of aromatic nitrogens is 4. The van der Waals surface area contributed by atoms with Gasteiger partial charge < -0.3 is 4.98 Å². The molecule has 1 fully saturated rings. The maximum Gasteiger partial charge on any atom is 0.277 e. The first-order valence-corrected chi connectivity index (χ1v) is 10.7. The molecular weight excluding hydrogens is 360 g/mol. The van der Waals surface area contributed by atoms with Gasteiger partial charge in [0.15, 0.2) is 11.3 Å². The third kappa shape index (κ3) is 3.24. The molecule has 2 aromatic heterocycles. The topological polar surface area (TPSA) is 63.1 Å². The molecule has 0 aliphatic heterocycles. The van der Waals surface area contributed by atoms with Crippen molar-refractivity contribution in [1.29, 1.82) is 0 Å². The minimum Gasteiger partial charge on any atom is -0.303 e. The third-order valence-electron chi connectivity index (χ3n) is 6.22. The van der Waals surface area contributed by atoms with Crippen molar-refractivity contribution in [3.05, 3.63) is 64.3 Å². The molecule has 5 rings (SSSR count). The zero-order chi connectivity index (χ0) is 19.8. The molecule has 0 spiro atoms. The fraction of sp³-hybridized carbons (Fsp3) is 0.375. The standard InChI is InChI=1S/C24H26N4O/c1-2-20-22-24(29)26-23(19-14-8-12-17-11-6-7-13-18(17)19)27-28(22)21(25-20)15-16-9-4-3-5-10-16/h6-8,11-14,16H,2-5,9-10,15H2,1H3,(H,26,27,29). The molecule has 1 N–H and O–H groups in total. The quantitative estimate of drug-likeness (QED) is 0.541. The van der Waals surface area contributed by atoms with Crippen LogP contribution < -0.4 is 5.56 Å². The molecule has 4 aromatic rings. The molecule has 1 aliphatic rings. The Morgan fingerprint density at radius 3 is 2.69 bits per heavy atom. The highest BCUT2D eigenvalue weighted by Gasteiger charge is 2.21. The van der Waals surface area contributed by atoms with Gasteiger partial charge in [0.05, 0.1) is 5.69 Å². The summed E-state index contributed by atoms with van der Waals surface area (Å²) in [4.78, 5) is 20.9. The molecule has 0 unspecified atom stereocenters. The van der Waals surface area contributed by atoms with E-state index < -0.39 is 0 Å². The number of hydrogen-bond acceptors (Lipinski definition) is 3. The van der Waals surface area contributed by atoms with Crippen LogP contribution in [-0.2, 0) is 12.8 Å². The van der Waals surface area contributed by atoms with Gasteiger partial charge in [-0.05, 0) is 23.1 Å². The Labute approximate surface area is 169 Å². The second kappa shape index (κ2) is 7.47. The van der Waals surface area contributed by atoms with Crippen molar-refractivity contribution in [3.63, 3.8) is 0 Å². The zero-order valence-corrected chi connectivity index (χ0v) is 16.8. The first-order valence-electron chi connectivity index (χ1n) is 10.7. The number of fused-ring (bicyclic) bond motifs is 2. The van der Waals surface area contributed by atoms with Crippen molar-refractivity contribution < 1.29 is 0 Å². The number of hydrogen-bond donors (Lipinski definition) is 1. The number of rotatable bonds is 4. The van der Waals surface area contributed by atoms with Crippen molar-refractivity contribution in [2.75, 3.05) is 0 Å². The molecule has 29 heavy (non-hydrogen) atoms. The largest absolute Gasteiger partial charge is 0.303 e. The van der Waals surface area contributed by atoms with E-state index >= 15 is 0 Å². The van der Waals surface area contributed by atoms with Gasteiger partial charge in [0.25, 0.3) is 5.56 Å². The number of aryl methyl sites for hydroxylation is 1. The van der Waals surface area contributed by atoms with E-state index in [1.807, 2.05) is 35.7 Å². The minimum absolute atomic E-state index is 0.109. The Morgan fingerprint density at radius 2 is 1.86 bits per heavy atom. The summed E-state index contributed by atoms with van der Waals surface area (Å²) >= 11 is 0. The van der Waals surface area contributed by atoms with Crippen LogP contribution in [0.5, 0.6) is 0 Å². The highest BCUT2D eigenvalue weighted by molar-refractivity contribution is 5.94. The SMILES string of the molecule is CCc1nc(CC2CCCCC2)n2nc(-c3cccc4ccccc34)[nH]c(=O)c12. The molecule has 1 saturated carbocycles. The maximum atomic E-state index is 13.0. The van der Waals surface area contributed by atoms with Gasteiger partial charge in [0, 0.05) is 12.0 Å². The lowest BCUT2D eigenvalue weighted by Gasteiger charge is -2.20. The van der Waals surface area contributed by atoms with Gasteiger partial charge in [-0.1, -0.05) is 81.5 Å². The van der Waals surface area contributed by atoms with Gasteiger partial charge in [-0.25, -0.2) is 9.50 Å². The van der Waals surface area contributed by atoms with Crippen molar-refractivity contribution in [1.82, 2.24) is 19.6 Å². The van der Waals surface area contributed by atoms with Crippen LogP contribution in [0.15, 0.2) is 47.3 Å². The Kier molecular flexibility index (Phi) is 4.66. The predicted molar refractivity (Wildman–Crippen MR) is 116 cm³/mol. The fourth-order valence-electron chi connectivity index (χ4n) is 4.72. The normalized spacial score (nSPS) is 15.3. The molecule has 5 heteroatoms. The van der Waals surface area contributed by atoms with Crippen molar-refractivity contribution >= 4 is 16.3 Å². The summed E-state index contributed by atoms with van der Waals surface area (Å²) in [6.07, 6.45) is 8.04. The lowest BCUT2D eigenvalue weighted by Crippen LogP contribution is -2.17. The monoisotopic (exact) mass is 386 g/mol. The summed E-state index contributed by atoms with van der Waals surface area (Å²) in [6, 6.07) is 14.3. The number of nitrogens with zero attached hydrogens (tertiary/aromatic N) is 3. The van der Waals surface area contributed by atoms with E-state index in [-0.39, 0.29) is 5.56 Å². The summed E-state index contributed by atoms with van der Waals surface area (Å²) in [6.45, 7) is 2.05. The van der Waals surface area contributed by atoms with E-state index in [1.165, 1.54) is 32.1 Å². The van der Waals surface area contributed by atoms with Gasteiger partial charge in [-0.2, -0.15) is 0 Å². The smallest absolute Gasteiger partial charge is 0.277 e. The maximum absolute atomic E-state index is 13.0. The molecule has 0 radical (unpaired) electrons. The van der Waals surface area contributed by atoms with E-state index in [1.54, 1.807) is 0 Å². The Balaban J connectivity index is 1.68. The average molecular weight is 386 g/mol. The van der Waals surface area contributed by atoms with Crippen molar-refractivity contribution in [3.8, 4) is 11.4 Å².